The lowest BCUT2D eigenvalue weighted by Gasteiger charge is -2.31. The van der Waals surface area contributed by atoms with Gasteiger partial charge in [0, 0.05) is 18.9 Å². The van der Waals surface area contributed by atoms with Gasteiger partial charge in [0.05, 0.1) is 17.4 Å². The van der Waals surface area contributed by atoms with Crippen molar-refractivity contribution in [3.05, 3.63) is 59.0 Å². The first-order chi connectivity index (χ1) is 15.0. The summed E-state index contributed by atoms with van der Waals surface area (Å²) in [4.78, 5) is 52.7. The third-order valence-electron chi connectivity index (χ3n) is 6.44. The summed E-state index contributed by atoms with van der Waals surface area (Å²) in [6.45, 7) is 2.55. The van der Waals surface area contributed by atoms with Crippen LogP contribution in [-0.4, -0.2) is 52.6 Å². The number of nitrogens with zero attached hydrogens (tertiary/aromatic N) is 2. The van der Waals surface area contributed by atoms with E-state index in [2.05, 4.69) is 10.2 Å². The van der Waals surface area contributed by atoms with Crippen molar-refractivity contribution in [2.24, 2.45) is 0 Å². The van der Waals surface area contributed by atoms with E-state index in [1.165, 1.54) is 0 Å². The van der Waals surface area contributed by atoms with Crippen molar-refractivity contribution in [1.82, 2.24) is 15.1 Å². The van der Waals surface area contributed by atoms with Gasteiger partial charge >= 0.3 is 0 Å². The molecule has 2 saturated heterocycles. The highest BCUT2D eigenvalue weighted by atomic mass is 16.3. The molecule has 0 aliphatic carbocycles. The average molecular weight is 421 g/mol. The van der Waals surface area contributed by atoms with Gasteiger partial charge in [-0.1, -0.05) is 6.07 Å². The summed E-state index contributed by atoms with van der Waals surface area (Å²) >= 11 is 0. The van der Waals surface area contributed by atoms with Crippen molar-refractivity contribution in [3.8, 4) is 0 Å². The van der Waals surface area contributed by atoms with Gasteiger partial charge in [-0.3, -0.25) is 34.3 Å². The van der Waals surface area contributed by atoms with Crippen molar-refractivity contribution in [2.45, 2.75) is 44.2 Å². The largest absolute Gasteiger partial charge is 0.469 e. The number of likely N-dealkylation sites (tertiary alicyclic amines) is 1. The van der Waals surface area contributed by atoms with Crippen molar-refractivity contribution in [1.29, 1.82) is 0 Å². The molecule has 1 N–H and O–H groups in total. The molecule has 3 aliphatic rings. The molecule has 1 aromatic heterocycles. The van der Waals surface area contributed by atoms with Gasteiger partial charge in [0.2, 0.25) is 11.8 Å². The van der Waals surface area contributed by atoms with Crippen molar-refractivity contribution in [3.63, 3.8) is 0 Å². The molecule has 5 rings (SSSR count). The van der Waals surface area contributed by atoms with Crippen LogP contribution in [0.15, 0.2) is 41.0 Å². The summed E-state index contributed by atoms with van der Waals surface area (Å²) in [6.07, 6.45) is 4.01. The second-order valence-corrected chi connectivity index (χ2v) is 8.39. The van der Waals surface area contributed by atoms with E-state index in [0.717, 1.165) is 42.2 Å². The molecule has 4 amide bonds. The SMILES string of the molecule is O=C1CCC(N2C(=O)c3ccc(CN4CCC(c5ccco5)CC4)cc3C2=O)C(=O)N1. The van der Waals surface area contributed by atoms with Crippen LogP contribution in [0.25, 0.3) is 0 Å². The Bertz CT molecular complexity index is 1050. The Hall–Kier alpha value is -3.26. The highest BCUT2D eigenvalue weighted by Crippen LogP contribution is 2.31. The highest BCUT2D eigenvalue weighted by molar-refractivity contribution is 6.23. The minimum atomic E-state index is -0.936. The van der Waals surface area contributed by atoms with Gasteiger partial charge in [-0.25, -0.2) is 0 Å². The molecule has 8 heteroatoms. The molecule has 4 heterocycles. The molecule has 0 radical (unpaired) electrons. The lowest BCUT2D eigenvalue weighted by molar-refractivity contribution is -0.136. The fourth-order valence-corrected chi connectivity index (χ4v) is 4.77. The Morgan fingerprint density at radius 2 is 1.74 bits per heavy atom. The van der Waals surface area contributed by atoms with Crippen LogP contribution in [0.5, 0.6) is 0 Å². The number of furan rings is 1. The van der Waals surface area contributed by atoms with E-state index in [4.69, 9.17) is 4.42 Å². The quantitative estimate of drug-likeness (QED) is 0.759. The van der Waals surface area contributed by atoms with Crippen LogP contribution in [0.1, 0.15) is 63.6 Å². The Balaban J connectivity index is 1.27. The summed E-state index contributed by atoms with van der Waals surface area (Å²) in [5.41, 5.74) is 1.61. The minimum Gasteiger partial charge on any atom is -0.469 e. The lowest BCUT2D eigenvalue weighted by Crippen LogP contribution is -2.54. The summed E-state index contributed by atoms with van der Waals surface area (Å²) in [5, 5.41) is 2.22. The summed E-state index contributed by atoms with van der Waals surface area (Å²) in [6, 6.07) is 8.32. The highest BCUT2D eigenvalue weighted by Gasteiger charge is 2.44. The van der Waals surface area contributed by atoms with Gasteiger partial charge in [-0.05, 0) is 62.2 Å². The van der Waals surface area contributed by atoms with Crippen LogP contribution < -0.4 is 5.32 Å². The van der Waals surface area contributed by atoms with Gasteiger partial charge in [-0.2, -0.15) is 0 Å². The van der Waals surface area contributed by atoms with E-state index in [1.807, 2.05) is 18.2 Å². The zero-order valence-corrected chi connectivity index (χ0v) is 17.0. The van der Waals surface area contributed by atoms with E-state index >= 15 is 0 Å². The van der Waals surface area contributed by atoms with E-state index in [-0.39, 0.29) is 18.7 Å². The number of nitrogens with one attached hydrogen (secondary N) is 1. The predicted octanol–water partition coefficient (Wildman–Crippen LogP) is 2.06. The van der Waals surface area contributed by atoms with E-state index < -0.39 is 23.8 Å². The molecule has 3 aliphatic heterocycles. The van der Waals surface area contributed by atoms with Crippen LogP contribution in [0, 0.1) is 0 Å². The molecule has 1 aromatic carbocycles. The number of hydrogen-bond donors (Lipinski definition) is 1. The first kappa shape index (κ1) is 19.7. The molecule has 0 spiro atoms. The fourth-order valence-electron chi connectivity index (χ4n) is 4.77. The number of imide groups is 2. The second kappa shape index (κ2) is 7.77. The van der Waals surface area contributed by atoms with Crippen LogP contribution in [-0.2, 0) is 16.1 Å². The first-order valence-corrected chi connectivity index (χ1v) is 10.6. The maximum Gasteiger partial charge on any atom is 0.262 e. The predicted molar refractivity (Wildman–Crippen MR) is 109 cm³/mol. The number of hydrogen-bond acceptors (Lipinski definition) is 6. The molecule has 1 unspecified atom stereocenters. The molecular weight excluding hydrogens is 398 g/mol. The molecule has 31 heavy (non-hydrogen) atoms. The fraction of sp³-hybridized carbons (Fsp3) is 0.391. The van der Waals surface area contributed by atoms with Crippen LogP contribution in [0.4, 0.5) is 0 Å². The van der Waals surface area contributed by atoms with E-state index in [9.17, 15) is 19.2 Å². The van der Waals surface area contributed by atoms with Crippen molar-refractivity contribution in [2.75, 3.05) is 13.1 Å². The summed E-state index contributed by atoms with van der Waals surface area (Å²) in [7, 11) is 0. The standard InChI is InChI=1S/C23H23N3O5/c27-20-6-5-18(21(28)24-20)26-22(29)16-4-3-14(12-17(16)23(26)30)13-25-9-7-15(8-10-25)19-2-1-11-31-19/h1-4,11-12,15,18H,5-10,13H2,(H,24,27,28). The van der Waals surface area contributed by atoms with Gasteiger partial charge in [-0.15, -0.1) is 0 Å². The van der Waals surface area contributed by atoms with Crippen LogP contribution in [0.2, 0.25) is 0 Å². The third kappa shape index (κ3) is 3.57. The average Bonchev–Trinajstić information content (AvgIpc) is 3.37. The minimum absolute atomic E-state index is 0.114. The molecule has 160 valence electrons. The van der Waals surface area contributed by atoms with Gasteiger partial charge in [0.25, 0.3) is 11.8 Å². The zero-order valence-electron chi connectivity index (χ0n) is 17.0. The monoisotopic (exact) mass is 421 g/mol. The first-order valence-electron chi connectivity index (χ1n) is 10.6. The number of carbonyl (C=O) groups is 4. The Morgan fingerprint density at radius 1 is 0.968 bits per heavy atom. The Labute approximate surface area is 179 Å². The molecule has 8 nitrogen and oxygen atoms in total. The van der Waals surface area contributed by atoms with Gasteiger partial charge < -0.3 is 4.42 Å². The normalized spacial score (nSPS) is 22.7. The third-order valence-corrected chi connectivity index (χ3v) is 6.44. The Kier molecular flexibility index (Phi) is 4.94. The van der Waals surface area contributed by atoms with Gasteiger partial charge in [0.1, 0.15) is 11.8 Å². The Morgan fingerprint density at radius 3 is 2.45 bits per heavy atom. The number of carbonyl (C=O) groups excluding carboxylic acids is 4. The van der Waals surface area contributed by atoms with Crippen molar-refractivity contribution < 1.29 is 23.6 Å². The van der Waals surface area contributed by atoms with Crippen molar-refractivity contribution >= 4 is 23.6 Å². The van der Waals surface area contributed by atoms with E-state index in [0.29, 0.717) is 23.6 Å². The lowest BCUT2D eigenvalue weighted by atomic mass is 9.94. The molecule has 0 saturated carbocycles. The van der Waals surface area contributed by atoms with E-state index in [1.54, 1.807) is 18.4 Å². The molecular formula is C23H23N3O5. The molecule has 1 atom stereocenters. The maximum absolute atomic E-state index is 13.0. The number of fused-ring (bicyclic) bond motifs is 1. The molecule has 2 fully saturated rings. The number of amides is 4. The number of benzene rings is 1. The molecule has 2 aromatic rings. The summed E-state index contributed by atoms with van der Waals surface area (Å²) in [5.74, 6) is -0.433. The smallest absolute Gasteiger partial charge is 0.262 e. The topological polar surface area (TPSA) is 99.9 Å². The van der Waals surface area contributed by atoms with Crippen LogP contribution >= 0.6 is 0 Å². The zero-order chi connectivity index (χ0) is 21.5. The summed E-state index contributed by atoms with van der Waals surface area (Å²) < 4.78 is 5.53. The maximum atomic E-state index is 13.0. The van der Waals surface area contributed by atoms with Gasteiger partial charge in [0.15, 0.2) is 0 Å². The number of piperidine rings is 2. The second-order valence-electron chi connectivity index (χ2n) is 8.39. The molecule has 0 bridgehead atoms. The number of rotatable bonds is 4. The van der Waals surface area contributed by atoms with Crippen LogP contribution in [0.3, 0.4) is 0 Å².